The van der Waals surface area contributed by atoms with Gasteiger partial charge in [0.15, 0.2) is 0 Å². The third-order valence-electron chi connectivity index (χ3n) is 2.09. The quantitative estimate of drug-likeness (QED) is 0.644. The Balaban J connectivity index is 2.21. The standard InChI is InChI=1S/C9H18N2/c1-2-6-11-9-5-3-4-8(10)7-9/h4,9,11H,2-3,5-7,10H2,1H3/t9-/m1/s1. The maximum Gasteiger partial charge on any atom is 0.0124 e. The van der Waals surface area contributed by atoms with E-state index in [0.29, 0.717) is 6.04 Å². The van der Waals surface area contributed by atoms with Gasteiger partial charge in [-0.1, -0.05) is 13.0 Å². The molecule has 1 rings (SSSR count). The van der Waals surface area contributed by atoms with Crippen molar-refractivity contribution in [2.24, 2.45) is 5.73 Å². The van der Waals surface area contributed by atoms with E-state index < -0.39 is 0 Å². The third kappa shape index (κ3) is 2.93. The highest BCUT2D eigenvalue weighted by molar-refractivity contribution is 5.03. The maximum absolute atomic E-state index is 5.72. The molecular weight excluding hydrogens is 136 g/mol. The molecule has 64 valence electrons. The molecule has 0 saturated heterocycles. The van der Waals surface area contributed by atoms with Crippen LogP contribution in [0.15, 0.2) is 11.8 Å². The summed E-state index contributed by atoms with van der Waals surface area (Å²) in [5.74, 6) is 0. The van der Waals surface area contributed by atoms with Crippen molar-refractivity contribution in [1.29, 1.82) is 0 Å². The predicted octanol–water partition coefficient (Wildman–Crippen LogP) is 1.38. The summed E-state index contributed by atoms with van der Waals surface area (Å²) in [6, 6.07) is 0.639. The van der Waals surface area contributed by atoms with Gasteiger partial charge >= 0.3 is 0 Å². The van der Waals surface area contributed by atoms with Crippen LogP contribution in [0.2, 0.25) is 0 Å². The monoisotopic (exact) mass is 154 g/mol. The van der Waals surface area contributed by atoms with Crippen molar-refractivity contribution in [2.75, 3.05) is 6.54 Å². The highest BCUT2D eigenvalue weighted by Gasteiger charge is 2.11. The molecule has 0 heterocycles. The molecule has 0 aromatic heterocycles. The minimum atomic E-state index is 0.639. The van der Waals surface area contributed by atoms with Crippen molar-refractivity contribution in [1.82, 2.24) is 5.32 Å². The van der Waals surface area contributed by atoms with Crippen molar-refractivity contribution in [2.45, 2.75) is 38.6 Å². The fraction of sp³-hybridized carbons (Fsp3) is 0.778. The summed E-state index contributed by atoms with van der Waals surface area (Å²) in [5.41, 5.74) is 6.78. The van der Waals surface area contributed by atoms with Crippen LogP contribution in [0.25, 0.3) is 0 Å². The van der Waals surface area contributed by atoms with E-state index in [4.69, 9.17) is 5.73 Å². The fourth-order valence-electron chi connectivity index (χ4n) is 1.46. The third-order valence-corrected chi connectivity index (χ3v) is 2.09. The molecular formula is C9H18N2. The van der Waals surface area contributed by atoms with Gasteiger partial charge in [-0.05, 0) is 25.8 Å². The Morgan fingerprint density at radius 2 is 2.55 bits per heavy atom. The van der Waals surface area contributed by atoms with E-state index in [9.17, 15) is 0 Å². The molecule has 0 aromatic rings. The van der Waals surface area contributed by atoms with Gasteiger partial charge in [-0.3, -0.25) is 0 Å². The molecule has 2 heteroatoms. The second-order valence-corrected chi connectivity index (χ2v) is 3.21. The lowest BCUT2D eigenvalue weighted by Gasteiger charge is -2.21. The highest BCUT2D eigenvalue weighted by atomic mass is 14.9. The largest absolute Gasteiger partial charge is 0.402 e. The van der Waals surface area contributed by atoms with Crippen LogP contribution in [0.5, 0.6) is 0 Å². The Morgan fingerprint density at radius 1 is 1.73 bits per heavy atom. The van der Waals surface area contributed by atoms with Crippen LogP contribution >= 0.6 is 0 Å². The molecule has 0 saturated carbocycles. The van der Waals surface area contributed by atoms with Gasteiger partial charge in [-0.15, -0.1) is 0 Å². The summed E-state index contributed by atoms with van der Waals surface area (Å²) in [7, 11) is 0. The molecule has 0 aliphatic heterocycles. The Kier molecular flexibility index (Phi) is 3.43. The van der Waals surface area contributed by atoms with Crippen molar-refractivity contribution >= 4 is 0 Å². The Hall–Kier alpha value is -0.500. The minimum Gasteiger partial charge on any atom is -0.402 e. The molecule has 0 bridgehead atoms. The van der Waals surface area contributed by atoms with Gasteiger partial charge in [0.05, 0.1) is 0 Å². The molecule has 0 amide bonds. The summed E-state index contributed by atoms with van der Waals surface area (Å²) in [5, 5.41) is 3.48. The molecule has 0 unspecified atom stereocenters. The zero-order chi connectivity index (χ0) is 8.10. The number of hydrogen-bond acceptors (Lipinski definition) is 2. The molecule has 0 aromatic carbocycles. The predicted molar refractivity (Wildman–Crippen MR) is 48.2 cm³/mol. The van der Waals surface area contributed by atoms with E-state index in [-0.39, 0.29) is 0 Å². The zero-order valence-electron chi connectivity index (χ0n) is 7.27. The van der Waals surface area contributed by atoms with Crippen LogP contribution in [0, 0.1) is 0 Å². The smallest absolute Gasteiger partial charge is 0.0124 e. The molecule has 1 aliphatic carbocycles. The van der Waals surface area contributed by atoms with Gasteiger partial charge in [0.1, 0.15) is 0 Å². The highest BCUT2D eigenvalue weighted by Crippen LogP contribution is 2.13. The second kappa shape index (κ2) is 4.39. The Labute approximate surface area is 68.9 Å². The number of hydrogen-bond donors (Lipinski definition) is 2. The van der Waals surface area contributed by atoms with Crippen molar-refractivity contribution in [3.8, 4) is 0 Å². The Morgan fingerprint density at radius 3 is 3.18 bits per heavy atom. The zero-order valence-corrected chi connectivity index (χ0v) is 7.27. The fourth-order valence-corrected chi connectivity index (χ4v) is 1.46. The lowest BCUT2D eigenvalue weighted by atomic mass is 9.99. The molecule has 11 heavy (non-hydrogen) atoms. The van der Waals surface area contributed by atoms with Crippen molar-refractivity contribution in [3.63, 3.8) is 0 Å². The second-order valence-electron chi connectivity index (χ2n) is 3.21. The molecule has 1 aliphatic rings. The molecule has 1 atom stereocenters. The molecule has 3 N–H and O–H groups in total. The van der Waals surface area contributed by atoms with Gasteiger partial charge in [0.2, 0.25) is 0 Å². The normalized spacial score (nSPS) is 24.8. The van der Waals surface area contributed by atoms with Crippen LogP contribution in [0.4, 0.5) is 0 Å². The van der Waals surface area contributed by atoms with E-state index in [1.165, 1.54) is 12.8 Å². The average Bonchev–Trinajstić information content (AvgIpc) is 2.01. The van der Waals surface area contributed by atoms with E-state index in [2.05, 4.69) is 18.3 Å². The first-order valence-corrected chi connectivity index (χ1v) is 4.50. The topological polar surface area (TPSA) is 38.0 Å². The van der Waals surface area contributed by atoms with Gasteiger partial charge in [-0.25, -0.2) is 0 Å². The summed E-state index contributed by atoms with van der Waals surface area (Å²) in [6.07, 6.45) is 6.79. The van der Waals surface area contributed by atoms with Gasteiger partial charge < -0.3 is 11.1 Å². The van der Waals surface area contributed by atoms with Gasteiger partial charge in [0.25, 0.3) is 0 Å². The Bertz CT molecular complexity index is 140. The summed E-state index contributed by atoms with van der Waals surface area (Å²) >= 11 is 0. The van der Waals surface area contributed by atoms with Crippen LogP contribution in [0.1, 0.15) is 32.6 Å². The lowest BCUT2D eigenvalue weighted by molar-refractivity contribution is 0.463. The van der Waals surface area contributed by atoms with E-state index >= 15 is 0 Å². The first-order valence-electron chi connectivity index (χ1n) is 4.50. The van der Waals surface area contributed by atoms with E-state index in [1.807, 2.05) is 0 Å². The molecule has 0 fully saturated rings. The number of rotatable bonds is 3. The number of nitrogens with two attached hydrogens (primary N) is 1. The van der Waals surface area contributed by atoms with Crippen molar-refractivity contribution in [3.05, 3.63) is 11.8 Å². The van der Waals surface area contributed by atoms with Crippen LogP contribution < -0.4 is 11.1 Å². The minimum absolute atomic E-state index is 0.639. The van der Waals surface area contributed by atoms with E-state index in [1.54, 1.807) is 0 Å². The summed E-state index contributed by atoms with van der Waals surface area (Å²) in [4.78, 5) is 0. The first-order chi connectivity index (χ1) is 5.33. The number of nitrogens with one attached hydrogen (secondary N) is 1. The van der Waals surface area contributed by atoms with E-state index in [0.717, 1.165) is 25.1 Å². The van der Waals surface area contributed by atoms with Gasteiger partial charge in [-0.2, -0.15) is 0 Å². The molecule has 0 radical (unpaired) electrons. The summed E-state index contributed by atoms with van der Waals surface area (Å²) in [6.45, 7) is 3.31. The SMILES string of the molecule is CCCN[C@@H]1CCC=C(N)C1. The molecule has 2 nitrogen and oxygen atoms in total. The van der Waals surface area contributed by atoms with Crippen molar-refractivity contribution < 1.29 is 0 Å². The van der Waals surface area contributed by atoms with Gasteiger partial charge in [0, 0.05) is 18.2 Å². The lowest BCUT2D eigenvalue weighted by Crippen LogP contribution is -2.32. The van der Waals surface area contributed by atoms with Crippen LogP contribution in [0.3, 0.4) is 0 Å². The average molecular weight is 154 g/mol. The molecule has 0 spiro atoms. The summed E-state index contributed by atoms with van der Waals surface area (Å²) < 4.78 is 0. The van der Waals surface area contributed by atoms with Crippen LogP contribution in [-0.2, 0) is 0 Å². The maximum atomic E-state index is 5.72. The van der Waals surface area contributed by atoms with Crippen LogP contribution in [-0.4, -0.2) is 12.6 Å². The first kappa shape index (κ1) is 8.60. The number of allylic oxidation sites excluding steroid dienone is 1.